The maximum atomic E-state index is 10.4. The third-order valence-electron chi connectivity index (χ3n) is 4.04. The highest BCUT2D eigenvalue weighted by atomic mass is 35.5. The molecule has 0 unspecified atom stereocenters. The Kier molecular flexibility index (Phi) is 14.5. The number of amidine groups is 2. The van der Waals surface area contributed by atoms with E-state index >= 15 is 0 Å². The molecule has 0 aliphatic rings. The smallest absolute Gasteiger partial charge is 0.237 e. The molecule has 0 bridgehead atoms. The van der Waals surface area contributed by atoms with E-state index in [9.17, 15) is 20.2 Å². The van der Waals surface area contributed by atoms with E-state index in [1.54, 1.807) is 40.8 Å². The zero-order valence-electron chi connectivity index (χ0n) is 19.3. The Bertz CT molecular complexity index is 1020. The van der Waals surface area contributed by atoms with Gasteiger partial charge >= 0.3 is 0 Å². The van der Waals surface area contributed by atoms with Gasteiger partial charge in [0.15, 0.2) is 14.5 Å². The predicted octanol–water partition coefficient (Wildman–Crippen LogP) is 5.00. The summed E-state index contributed by atoms with van der Waals surface area (Å²) in [5.41, 5.74) is 0.923. The van der Waals surface area contributed by atoms with Crippen LogP contribution in [0.3, 0.4) is 0 Å². The van der Waals surface area contributed by atoms with Crippen molar-refractivity contribution in [2.75, 3.05) is 25.6 Å². The van der Waals surface area contributed by atoms with Gasteiger partial charge in [-0.05, 0) is 38.0 Å². The van der Waals surface area contributed by atoms with Gasteiger partial charge in [0.2, 0.25) is 10.3 Å². The van der Waals surface area contributed by atoms with Gasteiger partial charge in [0.05, 0.1) is 16.7 Å². The number of nitrogens with zero attached hydrogens (tertiary/aromatic N) is 8. The van der Waals surface area contributed by atoms with Crippen molar-refractivity contribution in [3.05, 3.63) is 64.8 Å². The predicted molar refractivity (Wildman–Crippen MR) is 144 cm³/mol. The molecule has 0 aromatic carbocycles. The van der Waals surface area contributed by atoms with Crippen molar-refractivity contribution in [3.63, 3.8) is 0 Å². The Balaban J connectivity index is 0.000000351. The highest BCUT2D eigenvalue weighted by Crippen LogP contribution is 2.20. The monoisotopic (exact) mass is 582 g/mol. The molecular weight excluding hydrogens is 559 g/mol. The molecule has 35 heavy (non-hydrogen) atoms. The second kappa shape index (κ2) is 16.5. The van der Waals surface area contributed by atoms with Crippen LogP contribution in [0.4, 0.5) is 0 Å². The van der Waals surface area contributed by atoms with E-state index < -0.39 is 10.1 Å². The molecule has 0 radical (unpaired) electrons. The highest BCUT2D eigenvalue weighted by molar-refractivity contribution is 8.13. The van der Waals surface area contributed by atoms with Crippen LogP contribution in [0.25, 0.3) is 0 Å². The first kappa shape index (κ1) is 30.8. The number of halogens is 2. The lowest BCUT2D eigenvalue weighted by atomic mass is 10.3. The zero-order chi connectivity index (χ0) is 26.4. The minimum atomic E-state index is -0.686. The van der Waals surface area contributed by atoms with Gasteiger partial charge in [-0.2, -0.15) is 0 Å². The van der Waals surface area contributed by atoms with E-state index in [-0.39, 0.29) is 0 Å². The Morgan fingerprint density at radius 3 is 1.89 bits per heavy atom. The van der Waals surface area contributed by atoms with Gasteiger partial charge in [-0.25, -0.2) is 30.2 Å². The van der Waals surface area contributed by atoms with E-state index in [0.717, 1.165) is 10.4 Å². The molecule has 0 aliphatic heterocycles. The van der Waals surface area contributed by atoms with Crippen LogP contribution in [-0.2, 0) is 13.1 Å². The number of hydrazone groups is 2. The molecule has 2 rings (SSSR count). The third-order valence-corrected chi connectivity index (χ3v) is 6.77. The third kappa shape index (κ3) is 11.9. The number of thioether (sulfide) groups is 2. The molecule has 17 heteroatoms. The van der Waals surface area contributed by atoms with Crippen molar-refractivity contribution < 1.29 is 10.1 Å². The molecule has 0 aliphatic carbocycles. The summed E-state index contributed by atoms with van der Waals surface area (Å²) in [7, 11) is 0. The van der Waals surface area contributed by atoms with E-state index in [1.165, 1.54) is 34.9 Å². The van der Waals surface area contributed by atoms with Crippen molar-refractivity contribution in [2.24, 2.45) is 10.2 Å². The van der Waals surface area contributed by atoms with E-state index in [4.69, 9.17) is 23.2 Å². The van der Waals surface area contributed by atoms with Crippen LogP contribution in [0.1, 0.15) is 24.3 Å². The molecule has 12 nitrogen and oxygen atoms in total. The van der Waals surface area contributed by atoms with Crippen LogP contribution >= 0.6 is 58.1 Å². The molecule has 192 valence electrons. The zero-order valence-corrected chi connectivity index (χ0v) is 23.3. The Morgan fingerprint density at radius 1 is 0.971 bits per heavy atom. The molecule has 2 aromatic heterocycles. The number of rotatable bonds is 8. The van der Waals surface area contributed by atoms with Gasteiger partial charge in [0.25, 0.3) is 0 Å². The normalized spacial score (nSPS) is 11.5. The lowest BCUT2D eigenvalue weighted by Crippen LogP contribution is -2.28. The SMILES string of the molecule is CCN(Cc1ccc(Cl)nc1)C(=N[N+](=O)[O-])SC.CCN(Cc1cnc(Cl)s1)C(=N[N+](=O)[O-])SC. The topological polar surface area (TPSA) is 143 Å². The number of thiazole rings is 1. The van der Waals surface area contributed by atoms with Crippen LogP contribution in [0.5, 0.6) is 0 Å². The molecule has 0 N–H and O–H groups in total. The fourth-order valence-electron chi connectivity index (χ4n) is 2.50. The van der Waals surface area contributed by atoms with Crippen LogP contribution in [0.2, 0.25) is 9.62 Å². The molecule has 2 heterocycles. The Hall–Kier alpha value is -2.20. The van der Waals surface area contributed by atoms with Crippen LogP contribution < -0.4 is 0 Å². The minimum absolute atomic E-state index is 0.373. The molecule has 0 saturated carbocycles. The summed E-state index contributed by atoms with van der Waals surface area (Å²) in [6.45, 7) is 6.10. The van der Waals surface area contributed by atoms with Crippen LogP contribution in [0, 0.1) is 20.2 Å². The number of hydrogen-bond acceptors (Lipinski definition) is 9. The summed E-state index contributed by atoms with van der Waals surface area (Å²) >= 11 is 15.3. The van der Waals surface area contributed by atoms with Crippen molar-refractivity contribution in [2.45, 2.75) is 26.9 Å². The Labute approximate surface area is 225 Å². The second-order valence-electron chi connectivity index (χ2n) is 6.25. The number of aromatic nitrogens is 2. The Morgan fingerprint density at radius 2 is 1.51 bits per heavy atom. The summed E-state index contributed by atoms with van der Waals surface area (Å²) in [5, 5.41) is 27.3. The van der Waals surface area contributed by atoms with E-state index in [0.29, 0.717) is 46.1 Å². The molecule has 0 spiro atoms. The summed E-state index contributed by atoms with van der Waals surface area (Å²) in [5.74, 6) is 0. The van der Waals surface area contributed by atoms with Crippen molar-refractivity contribution >= 4 is 68.4 Å². The molecule has 0 saturated heterocycles. The van der Waals surface area contributed by atoms with Crippen LogP contribution in [-0.4, -0.2) is 65.8 Å². The summed E-state index contributed by atoms with van der Waals surface area (Å²) in [6.07, 6.45) is 6.82. The standard InChI is InChI=1S/C10H13ClN4O2S.C8H11ClN4O2S2/c1-3-14(10(18-2)13-15(16)17)7-8-4-5-9(11)12-6-8;1-3-12(8(16-2)11-13(14)15)5-6-4-10-7(9)17-6/h4-6H,3,7H2,1-2H3;4H,3,5H2,1-2H3. The number of pyridine rings is 1. The average Bonchev–Trinajstić information content (AvgIpc) is 3.24. The van der Waals surface area contributed by atoms with Gasteiger partial charge in [-0.15, -0.1) is 11.3 Å². The first-order chi connectivity index (χ1) is 16.6. The van der Waals surface area contributed by atoms with E-state index in [1.807, 2.05) is 19.9 Å². The van der Waals surface area contributed by atoms with Gasteiger partial charge in [0.1, 0.15) is 5.15 Å². The quantitative estimate of drug-likeness (QED) is 0.137. The minimum Gasteiger partial charge on any atom is -0.342 e. The van der Waals surface area contributed by atoms with Gasteiger partial charge < -0.3 is 9.80 Å². The summed E-state index contributed by atoms with van der Waals surface area (Å²) in [4.78, 5) is 33.3. The maximum absolute atomic E-state index is 10.4. The average molecular weight is 584 g/mol. The fourth-order valence-corrected chi connectivity index (χ4v) is 4.81. The summed E-state index contributed by atoms with van der Waals surface area (Å²) in [6, 6.07) is 3.52. The maximum Gasteiger partial charge on any atom is 0.237 e. The lowest BCUT2D eigenvalue weighted by Gasteiger charge is -2.20. The van der Waals surface area contributed by atoms with Crippen LogP contribution in [0.15, 0.2) is 34.7 Å². The van der Waals surface area contributed by atoms with Gasteiger partial charge in [-0.3, -0.25) is 0 Å². The summed E-state index contributed by atoms with van der Waals surface area (Å²) < 4.78 is 0.466. The van der Waals surface area contributed by atoms with Crippen molar-refractivity contribution in [1.82, 2.24) is 19.8 Å². The fraction of sp³-hybridized carbons (Fsp3) is 0.444. The number of hydrogen-bond donors (Lipinski definition) is 0. The van der Waals surface area contributed by atoms with E-state index in [2.05, 4.69) is 20.2 Å². The second-order valence-corrected chi connectivity index (χ2v) is 9.88. The van der Waals surface area contributed by atoms with Crippen molar-refractivity contribution in [3.8, 4) is 0 Å². The molecule has 0 fully saturated rings. The first-order valence-corrected chi connectivity index (χ1v) is 13.9. The molecule has 0 atom stereocenters. The molecule has 2 aromatic rings. The van der Waals surface area contributed by atoms with Gasteiger partial charge in [-0.1, -0.05) is 52.8 Å². The molecular formula is C18H24Cl2N8O4S3. The molecule has 0 amide bonds. The highest BCUT2D eigenvalue weighted by Gasteiger charge is 2.15. The largest absolute Gasteiger partial charge is 0.342 e. The lowest BCUT2D eigenvalue weighted by molar-refractivity contribution is -0.485. The van der Waals surface area contributed by atoms with Crippen molar-refractivity contribution in [1.29, 1.82) is 0 Å². The van der Waals surface area contributed by atoms with Gasteiger partial charge in [0, 0.05) is 36.9 Å². The first-order valence-electron chi connectivity index (χ1n) is 9.87. The number of nitro groups is 2.